The van der Waals surface area contributed by atoms with Gasteiger partial charge in [-0.05, 0) is 49.9 Å². The molecule has 2 rings (SSSR count). The van der Waals surface area contributed by atoms with Gasteiger partial charge in [-0.25, -0.2) is 0 Å². The Bertz CT molecular complexity index is 815. The number of aryl methyl sites for hydroxylation is 4. The number of carbonyl (C=O) groups excluding carboxylic acids is 1. The van der Waals surface area contributed by atoms with Crippen molar-refractivity contribution < 1.29 is 14.5 Å². The molecule has 2 aromatic carbocycles. The van der Waals surface area contributed by atoms with Crippen LogP contribution in [0.3, 0.4) is 0 Å². The smallest absolute Gasteiger partial charge is 0.270 e. The second-order valence-corrected chi connectivity index (χ2v) is 6.01. The summed E-state index contributed by atoms with van der Waals surface area (Å²) < 4.78 is 5.58. The molecule has 0 fully saturated rings. The molecule has 0 aromatic heterocycles. The Morgan fingerprint density at radius 3 is 2.48 bits per heavy atom. The van der Waals surface area contributed by atoms with Gasteiger partial charge in [-0.3, -0.25) is 14.9 Å². The van der Waals surface area contributed by atoms with Crippen molar-refractivity contribution in [2.75, 3.05) is 11.9 Å². The summed E-state index contributed by atoms with van der Waals surface area (Å²) in [5.41, 5.74) is 4.12. The van der Waals surface area contributed by atoms with Gasteiger partial charge < -0.3 is 10.1 Å². The molecule has 0 aliphatic rings. The molecule has 132 valence electrons. The summed E-state index contributed by atoms with van der Waals surface area (Å²) in [4.78, 5) is 22.8. The molecule has 0 heterocycles. The van der Waals surface area contributed by atoms with Gasteiger partial charge in [0.05, 0.1) is 4.92 Å². The lowest BCUT2D eigenvalue weighted by atomic mass is 10.0. The van der Waals surface area contributed by atoms with Crippen LogP contribution < -0.4 is 10.1 Å². The molecular formula is C19H22N2O4. The van der Waals surface area contributed by atoms with Gasteiger partial charge in [-0.15, -0.1) is 0 Å². The molecular weight excluding hydrogens is 320 g/mol. The van der Waals surface area contributed by atoms with Crippen LogP contribution in [0.4, 0.5) is 11.4 Å². The first kappa shape index (κ1) is 18.4. The molecule has 6 nitrogen and oxygen atoms in total. The quantitative estimate of drug-likeness (QED) is 0.633. The van der Waals surface area contributed by atoms with Crippen molar-refractivity contribution in [2.45, 2.75) is 34.1 Å². The number of anilines is 1. The summed E-state index contributed by atoms with van der Waals surface area (Å²) >= 11 is 0. The summed E-state index contributed by atoms with van der Waals surface area (Å²) in [7, 11) is 0. The molecule has 0 saturated heterocycles. The average Bonchev–Trinajstić information content (AvgIpc) is 2.55. The first-order chi connectivity index (χ1) is 11.8. The van der Waals surface area contributed by atoms with E-state index < -0.39 is 4.92 Å². The van der Waals surface area contributed by atoms with Crippen LogP contribution in [0.5, 0.6) is 5.75 Å². The first-order valence-electron chi connectivity index (χ1n) is 8.09. The van der Waals surface area contributed by atoms with E-state index in [1.807, 2.05) is 39.0 Å². The van der Waals surface area contributed by atoms with E-state index in [2.05, 4.69) is 5.32 Å². The number of hydrogen-bond acceptors (Lipinski definition) is 4. The number of rotatable bonds is 6. The summed E-state index contributed by atoms with van der Waals surface area (Å²) in [6.07, 6.45) is 0.579. The number of amides is 1. The highest BCUT2D eigenvalue weighted by molar-refractivity contribution is 5.93. The number of ether oxygens (including phenoxy) is 1. The zero-order valence-electron chi connectivity index (χ0n) is 14.9. The Morgan fingerprint density at radius 2 is 1.88 bits per heavy atom. The monoisotopic (exact) mass is 342 g/mol. The van der Waals surface area contributed by atoms with E-state index in [4.69, 9.17) is 4.74 Å². The van der Waals surface area contributed by atoms with Gasteiger partial charge in [0.15, 0.2) is 6.61 Å². The third kappa shape index (κ3) is 4.56. The largest absolute Gasteiger partial charge is 0.483 e. The van der Waals surface area contributed by atoms with Crippen LogP contribution in [0, 0.1) is 30.9 Å². The molecule has 0 saturated carbocycles. The van der Waals surface area contributed by atoms with Crippen LogP contribution in [0.2, 0.25) is 0 Å². The fraction of sp³-hybridized carbons (Fsp3) is 0.316. The summed E-state index contributed by atoms with van der Waals surface area (Å²) in [5.74, 6) is 0.364. The zero-order valence-corrected chi connectivity index (χ0v) is 14.9. The SMILES string of the molecule is CCc1cc([N+](=O)[O-])cc(C)c1NC(=O)COc1ccc(C)cc1C. The van der Waals surface area contributed by atoms with E-state index >= 15 is 0 Å². The fourth-order valence-electron chi connectivity index (χ4n) is 2.68. The van der Waals surface area contributed by atoms with Crippen molar-refractivity contribution >= 4 is 17.3 Å². The second kappa shape index (κ2) is 7.79. The summed E-state index contributed by atoms with van der Waals surface area (Å²) in [6, 6.07) is 8.71. The molecule has 0 aliphatic carbocycles. The highest BCUT2D eigenvalue weighted by atomic mass is 16.6. The van der Waals surface area contributed by atoms with Gasteiger partial charge in [-0.2, -0.15) is 0 Å². The van der Waals surface area contributed by atoms with Gasteiger partial charge in [0.1, 0.15) is 5.75 Å². The van der Waals surface area contributed by atoms with E-state index in [0.717, 1.165) is 16.7 Å². The molecule has 6 heteroatoms. The van der Waals surface area contributed by atoms with Crippen LogP contribution in [0.15, 0.2) is 30.3 Å². The Morgan fingerprint density at radius 1 is 1.16 bits per heavy atom. The van der Waals surface area contributed by atoms with Crippen LogP contribution in [-0.2, 0) is 11.2 Å². The zero-order chi connectivity index (χ0) is 18.6. The van der Waals surface area contributed by atoms with E-state index in [-0.39, 0.29) is 18.2 Å². The average molecular weight is 342 g/mol. The van der Waals surface area contributed by atoms with Gasteiger partial charge >= 0.3 is 0 Å². The number of nitrogens with one attached hydrogen (secondary N) is 1. The van der Waals surface area contributed by atoms with E-state index in [0.29, 0.717) is 23.4 Å². The predicted octanol–water partition coefficient (Wildman–Crippen LogP) is 4.10. The molecule has 25 heavy (non-hydrogen) atoms. The molecule has 0 atom stereocenters. The lowest BCUT2D eigenvalue weighted by molar-refractivity contribution is -0.384. The Labute approximate surface area is 147 Å². The van der Waals surface area contributed by atoms with Gasteiger partial charge in [0, 0.05) is 17.8 Å². The van der Waals surface area contributed by atoms with Crippen LogP contribution in [0.1, 0.15) is 29.2 Å². The standard InChI is InChI=1S/C19H22N2O4/c1-5-15-10-16(21(23)24)9-14(4)19(15)20-18(22)11-25-17-7-6-12(2)8-13(17)3/h6-10H,5,11H2,1-4H3,(H,20,22). The van der Waals surface area contributed by atoms with Crippen molar-refractivity contribution in [3.05, 3.63) is 62.7 Å². The molecule has 0 spiro atoms. The number of benzene rings is 2. The number of hydrogen-bond donors (Lipinski definition) is 1. The Balaban J connectivity index is 2.11. The highest BCUT2D eigenvalue weighted by Crippen LogP contribution is 2.27. The Kier molecular flexibility index (Phi) is 5.75. The summed E-state index contributed by atoms with van der Waals surface area (Å²) in [5, 5.41) is 13.8. The molecule has 0 unspecified atom stereocenters. The minimum atomic E-state index is -0.430. The normalized spacial score (nSPS) is 10.4. The minimum Gasteiger partial charge on any atom is -0.483 e. The summed E-state index contributed by atoms with van der Waals surface area (Å²) in [6.45, 7) is 7.43. The molecule has 0 radical (unpaired) electrons. The van der Waals surface area contributed by atoms with Crippen LogP contribution in [0.25, 0.3) is 0 Å². The van der Waals surface area contributed by atoms with Crippen molar-refractivity contribution in [3.8, 4) is 5.75 Å². The Hall–Kier alpha value is -2.89. The van der Waals surface area contributed by atoms with Crippen molar-refractivity contribution in [1.82, 2.24) is 0 Å². The maximum absolute atomic E-state index is 12.2. The van der Waals surface area contributed by atoms with E-state index in [1.54, 1.807) is 6.92 Å². The topological polar surface area (TPSA) is 81.5 Å². The van der Waals surface area contributed by atoms with Gasteiger partial charge in [-0.1, -0.05) is 24.6 Å². The highest BCUT2D eigenvalue weighted by Gasteiger charge is 2.15. The number of carbonyl (C=O) groups is 1. The maximum Gasteiger partial charge on any atom is 0.270 e. The lowest BCUT2D eigenvalue weighted by Crippen LogP contribution is -2.21. The van der Waals surface area contributed by atoms with Crippen molar-refractivity contribution in [3.63, 3.8) is 0 Å². The number of nitro groups is 1. The molecule has 0 bridgehead atoms. The van der Waals surface area contributed by atoms with Crippen LogP contribution in [-0.4, -0.2) is 17.4 Å². The van der Waals surface area contributed by atoms with Gasteiger partial charge in [0.25, 0.3) is 11.6 Å². The molecule has 0 aliphatic heterocycles. The second-order valence-electron chi connectivity index (χ2n) is 6.01. The lowest BCUT2D eigenvalue weighted by Gasteiger charge is -2.14. The number of non-ortho nitro benzene ring substituents is 1. The number of nitrogens with zero attached hydrogens (tertiary/aromatic N) is 1. The predicted molar refractivity (Wildman–Crippen MR) is 97.3 cm³/mol. The third-order valence-corrected chi connectivity index (χ3v) is 3.95. The van der Waals surface area contributed by atoms with Gasteiger partial charge in [0.2, 0.25) is 0 Å². The third-order valence-electron chi connectivity index (χ3n) is 3.95. The van der Waals surface area contributed by atoms with E-state index in [9.17, 15) is 14.9 Å². The van der Waals surface area contributed by atoms with E-state index in [1.165, 1.54) is 12.1 Å². The molecule has 1 N–H and O–H groups in total. The maximum atomic E-state index is 12.2. The van der Waals surface area contributed by atoms with Crippen LogP contribution >= 0.6 is 0 Å². The first-order valence-corrected chi connectivity index (χ1v) is 8.09. The van der Waals surface area contributed by atoms with Crippen molar-refractivity contribution in [1.29, 1.82) is 0 Å². The number of nitro benzene ring substituents is 1. The fourth-order valence-corrected chi connectivity index (χ4v) is 2.68. The minimum absolute atomic E-state index is 0.0267. The molecule has 2 aromatic rings. The van der Waals surface area contributed by atoms with Crippen molar-refractivity contribution in [2.24, 2.45) is 0 Å². The molecule has 1 amide bonds.